The Hall–Kier alpha value is -4.17. The fourth-order valence-electron chi connectivity index (χ4n) is 6.55. The van der Waals surface area contributed by atoms with Crippen LogP contribution in [0, 0.1) is 11.7 Å². The molecule has 0 spiro atoms. The lowest BCUT2D eigenvalue weighted by Gasteiger charge is -2.36. The molecule has 2 fully saturated rings. The predicted molar refractivity (Wildman–Crippen MR) is 178 cm³/mol. The van der Waals surface area contributed by atoms with Gasteiger partial charge in [0.2, 0.25) is 18.2 Å². The molecule has 1 aliphatic heterocycles. The van der Waals surface area contributed by atoms with Crippen molar-refractivity contribution in [2.75, 3.05) is 43.4 Å². The van der Waals surface area contributed by atoms with E-state index in [9.17, 15) is 19.2 Å². The number of aryl methyl sites for hydroxylation is 1. The van der Waals surface area contributed by atoms with Crippen molar-refractivity contribution in [2.45, 2.75) is 70.5 Å². The summed E-state index contributed by atoms with van der Waals surface area (Å²) in [7, 11) is 1.99. The average molecular weight is 667 g/mol. The van der Waals surface area contributed by atoms with E-state index >= 15 is 4.39 Å². The number of carbonyl (C=O) groups excluding carboxylic acids is 4. The second-order valence-electron chi connectivity index (χ2n) is 12.3. The van der Waals surface area contributed by atoms with Crippen LogP contribution in [-0.4, -0.2) is 94.0 Å². The summed E-state index contributed by atoms with van der Waals surface area (Å²) in [5.41, 5.74) is 2.00. The fraction of sp³-hybridized carbons (Fsp3) is 0.515. The largest absolute Gasteiger partial charge is 0.339 e. The summed E-state index contributed by atoms with van der Waals surface area (Å²) in [5.74, 6) is -2.00. The lowest BCUT2D eigenvalue weighted by molar-refractivity contribution is -0.135. The number of thiazole rings is 1. The SMILES string of the molecule is CCn1nccc1N(C=O)[C@H](C(=O)Nc1ccc([C@H](C)[C@@H](NC(=O)c2cncs2)C(=O)N2CCN(C)CC2)cc1F)C1CCCCC1. The van der Waals surface area contributed by atoms with Gasteiger partial charge in [0, 0.05) is 44.7 Å². The van der Waals surface area contributed by atoms with Crippen LogP contribution in [0.3, 0.4) is 0 Å². The monoisotopic (exact) mass is 666 g/mol. The van der Waals surface area contributed by atoms with E-state index in [1.807, 2.05) is 14.0 Å². The summed E-state index contributed by atoms with van der Waals surface area (Å²) in [4.78, 5) is 62.8. The molecule has 3 heterocycles. The van der Waals surface area contributed by atoms with Gasteiger partial charge in [0.25, 0.3) is 5.91 Å². The van der Waals surface area contributed by atoms with Crippen LogP contribution in [0.15, 0.2) is 42.2 Å². The van der Waals surface area contributed by atoms with E-state index in [0.29, 0.717) is 55.4 Å². The first-order chi connectivity index (χ1) is 22.7. The Kier molecular flexibility index (Phi) is 11.4. The minimum absolute atomic E-state index is 0.0303. The Bertz CT molecular complexity index is 1530. The summed E-state index contributed by atoms with van der Waals surface area (Å²) in [6, 6.07) is 4.33. The second kappa shape index (κ2) is 15.6. The number of halogens is 1. The highest BCUT2D eigenvalue weighted by atomic mass is 32.1. The molecule has 47 heavy (non-hydrogen) atoms. The van der Waals surface area contributed by atoms with E-state index in [4.69, 9.17) is 0 Å². The number of nitrogens with one attached hydrogen (secondary N) is 2. The van der Waals surface area contributed by atoms with Crippen molar-refractivity contribution in [2.24, 2.45) is 5.92 Å². The number of likely N-dealkylation sites (N-methyl/N-ethyl adjacent to an activating group) is 1. The summed E-state index contributed by atoms with van der Waals surface area (Å²) >= 11 is 1.17. The molecule has 3 atom stereocenters. The number of aromatic nitrogens is 3. The standard InChI is InChI=1S/C33H43FN8O4S/c1-4-42-28(12-13-36-42)41(21-43)30(23-8-6-5-7-9-23)32(45)37-26-11-10-24(18-25(26)34)22(2)29(38-31(44)27-19-35-20-47-27)33(46)40-16-14-39(3)15-17-40/h10-13,18-23,29-30H,4-9,14-17H2,1-3H3,(H,37,45)(H,38,44)/t22-,29+,30-/m0/s1. The van der Waals surface area contributed by atoms with Gasteiger partial charge in [-0.25, -0.2) is 9.07 Å². The number of nitrogens with zero attached hydrogens (tertiary/aromatic N) is 6. The van der Waals surface area contributed by atoms with Crippen LogP contribution in [0.2, 0.25) is 0 Å². The van der Waals surface area contributed by atoms with Crippen molar-refractivity contribution in [3.8, 4) is 0 Å². The molecule has 1 aliphatic carbocycles. The molecule has 0 radical (unpaired) electrons. The molecule has 1 saturated carbocycles. The number of anilines is 2. The number of carbonyl (C=O) groups is 4. The first-order valence-corrected chi connectivity index (χ1v) is 17.1. The van der Waals surface area contributed by atoms with Crippen LogP contribution in [0.25, 0.3) is 0 Å². The smallest absolute Gasteiger partial charge is 0.263 e. The van der Waals surface area contributed by atoms with Gasteiger partial charge in [-0.3, -0.25) is 29.1 Å². The van der Waals surface area contributed by atoms with Crippen LogP contribution in [0.5, 0.6) is 0 Å². The lowest BCUT2D eigenvalue weighted by Crippen LogP contribution is -2.55. The minimum Gasteiger partial charge on any atom is -0.339 e. The molecular formula is C33H43FN8O4S. The lowest BCUT2D eigenvalue weighted by atomic mass is 9.82. The Labute approximate surface area is 278 Å². The summed E-state index contributed by atoms with van der Waals surface area (Å²) in [6.07, 6.45) is 8.20. The molecule has 4 amide bonds. The minimum atomic E-state index is -0.951. The zero-order valence-electron chi connectivity index (χ0n) is 27.1. The Morgan fingerprint density at radius 3 is 2.51 bits per heavy atom. The van der Waals surface area contributed by atoms with Gasteiger partial charge in [0.15, 0.2) is 0 Å². The maximum Gasteiger partial charge on any atom is 0.263 e. The van der Waals surface area contributed by atoms with Crippen molar-refractivity contribution in [3.63, 3.8) is 0 Å². The third-order valence-corrected chi connectivity index (χ3v) is 10.1. The molecule has 0 bridgehead atoms. The number of hydrogen-bond donors (Lipinski definition) is 2. The van der Waals surface area contributed by atoms with Gasteiger partial charge < -0.3 is 20.4 Å². The highest BCUT2D eigenvalue weighted by Gasteiger charge is 2.37. The quantitative estimate of drug-likeness (QED) is 0.282. The number of piperazine rings is 1. The second-order valence-corrected chi connectivity index (χ2v) is 13.2. The van der Waals surface area contributed by atoms with Gasteiger partial charge in [-0.2, -0.15) is 5.10 Å². The van der Waals surface area contributed by atoms with E-state index < -0.39 is 35.6 Å². The molecule has 252 valence electrons. The van der Waals surface area contributed by atoms with E-state index in [1.54, 1.807) is 40.3 Å². The molecule has 2 aromatic heterocycles. The van der Waals surface area contributed by atoms with Gasteiger partial charge in [-0.1, -0.05) is 32.3 Å². The van der Waals surface area contributed by atoms with Gasteiger partial charge in [-0.15, -0.1) is 11.3 Å². The zero-order valence-corrected chi connectivity index (χ0v) is 27.9. The van der Waals surface area contributed by atoms with Crippen LogP contribution in [0.4, 0.5) is 15.9 Å². The molecule has 12 nitrogen and oxygen atoms in total. The maximum absolute atomic E-state index is 15.8. The molecule has 5 rings (SSSR count). The topological polar surface area (TPSA) is 133 Å². The maximum atomic E-state index is 15.8. The van der Waals surface area contributed by atoms with Crippen LogP contribution < -0.4 is 15.5 Å². The molecule has 2 N–H and O–H groups in total. The van der Waals surface area contributed by atoms with E-state index in [-0.39, 0.29) is 17.5 Å². The highest BCUT2D eigenvalue weighted by molar-refractivity contribution is 7.11. The zero-order chi connectivity index (χ0) is 33.5. The number of rotatable bonds is 12. The predicted octanol–water partition coefficient (Wildman–Crippen LogP) is 3.73. The Morgan fingerprint density at radius 1 is 1.13 bits per heavy atom. The first kappa shape index (κ1) is 34.2. The highest BCUT2D eigenvalue weighted by Crippen LogP contribution is 2.33. The third kappa shape index (κ3) is 7.87. The van der Waals surface area contributed by atoms with E-state index in [1.165, 1.54) is 34.6 Å². The van der Waals surface area contributed by atoms with Crippen molar-refractivity contribution in [1.29, 1.82) is 0 Å². The van der Waals surface area contributed by atoms with Crippen molar-refractivity contribution >= 4 is 47.0 Å². The summed E-state index contributed by atoms with van der Waals surface area (Å²) < 4.78 is 17.4. The van der Waals surface area contributed by atoms with E-state index in [0.717, 1.165) is 32.1 Å². The summed E-state index contributed by atoms with van der Waals surface area (Å²) in [6.45, 7) is 6.66. The molecular weight excluding hydrogens is 623 g/mol. The molecule has 1 saturated heterocycles. The molecule has 2 aliphatic rings. The molecule has 14 heteroatoms. The van der Waals surface area contributed by atoms with Gasteiger partial charge in [0.05, 0.1) is 23.6 Å². The molecule has 0 unspecified atom stereocenters. The van der Waals surface area contributed by atoms with Crippen LogP contribution in [0.1, 0.15) is 67.1 Å². The molecule has 1 aromatic carbocycles. The van der Waals surface area contributed by atoms with Crippen molar-refractivity contribution in [3.05, 3.63) is 58.4 Å². The van der Waals surface area contributed by atoms with Gasteiger partial charge in [-0.05, 0) is 50.4 Å². The van der Waals surface area contributed by atoms with Crippen molar-refractivity contribution < 1.29 is 23.6 Å². The normalized spacial score (nSPS) is 17.8. The first-order valence-electron chi connectivity index (χ1n) is 16.2. The Morgan fingerprint density at radius 2 is 1.87 bits per heavy atom. The van der Waals surface area contributed by atoms with Crippen molar-refractivity contribution in [1.82, 2.24) is 29.9 Å². The van der Waals surface area contributed by atoms with Gasteiger partial charge in [0.1, 0.15) is 28.6 Å². The third-order valence-electron chi connectivity index (χ3n) is 9.34. The Balaban J connectivity index is 1.38. The number of amides is 4. The van der Waals surface area contributed by atoms with E-state index in [2.05, 4.69) is 25.6 Å². The average Bonchev–Trinajstić information content (AvgIpc) is 3.80. The summed E-state index contributed by atoms with van der Waals surface area (Å²) in [5, 5.41) is 9.89. The molecule has 3 aromatic rings. The van der Waals surface area contributed by atoms with Crippen LogP contribution in [-0.2, 0) is 20.9 Å². The van der Waals surface area contributed by atoms with Gasteiger partial charge >= 0.3 is 0 Å². The fourth-order valence-corrected chi connectivity index (χ4v) is 7.07. The number of benzene rings is 1. The van der Waals surface area contributed by atoms with Crippen LogP contribution >= 0.6 is 11.3 Å². The number of hydrogen-bond acceptors (Lipinski definition) is 8.